The number of aryl methyl sites for hydroxylation is 2. The van der Waals surface area contributed by atoms with Gasteiger partial charge in [-0.15, -0.1) is 0 Å². The van der Waals surface area contributed by atoms with E-state index in [-0.39, 0.29) is 12.5 Å². The summed E-state index contributed by atoms with van der Waals surface area (Å²) in [5, 5.41) is 2.69. The molecule has 1 atom stereocenters. The number of benzene rings is 3. The van der Waals surface area contributed by atoms with Crippen LogP contribution in [0.2, 0.25) is 0 Å². The molecule has 3 rings (SSSR count). The summed E-state index contributed by atoms with van der Waals surface area (Å²) in [5.41, 5.74) is 4.05. The van der Waals surface area contributed by atoms with E-state index >= 15 is 0 Å². The van der Waals surface area contributed by atoms with Crippen molar-refractivity contribution in [2.75, 3.05) is 24.2 Å². The van der Waals surface area contributed by atoms with Gasteiger partial charge in [-0.05, 0) is 41.7 Å². The third-order valence-electron chi connectivity index (χ3n) is 6.44. The molecular formula is C29H35N3O4S. The summed E-state index contributed by atoms with van der Waals surface area (Å²) in [6.45, 7) is 3.64. The maximum absolute atomic E-state index is 14.0. The Kier molecular flexibility index (Phi) is 9.47. The summed E-state index contributed by atoms with van der Waals surface area (Å²) in [6, 6.07) is 23.5. The molecule has 1 N–H and O–H groups in total. The largest absolute Gasteiger partial charge is 0.357 e. The predicted octanol–water partition coefficient (Wildman–Crippen LogP) is 3.71. The average Bonchev–Trinajstić information content (AvgIpc) is 2.89. The predicted molar refractivity (Wildman–Crippen MR) is 148 cm³/mol. The van der Waals surface area contributed by atoms with Gasteiger partial charge in [0.15, 0.2) is 0 Å². The molecule has 0 aliphatic heterocycles. The van der Waals surface area contributed by atoms with Crippen LogP contribution in [0.25, 0.3) is 0 Å². The van der Waals surface area contributed by atoms with Gasteiger partial charge in [-0.2, -0.15) is 0 Å². The van der Waals surface area contributed by atoms with Gasteiger partial charge < -0.3 is 10.2 Å². The summed E-state index contributed by atoms with van der Waals surface area (Å²) >= 11 is 0. The molecule has 196 valence electrons. The van der Waals surface area contributed by atoms with Crippen LogP contribution in [0, 0.1) is 6.92 Å². The minimum atomic E-state index is -3.79. The first-order valence-corrected chi connectivity index (χ1v) is 14.2. The van der Waals surface area contributed by atoms with Crippen molar-refractivity contribution in [2.24, 2.45) is 0 Å². The highest BCUT2D eigenvalue weighted by molar-refractivity contribution is 7.92. The fourth-order valence-electron chi connectivity index (χ4n) is 4.34. The topological polar surface area (TPSA) is 86.8 Å². The quantitative estimate of drug-likeness (QED) is 0.417. The Morgan fingerprint density at radius 3 is 2.08 bits per heavy atom. The molecule has 0 heterocycles. The molecule has 0 radical (unpaired) electrons. The van der Waals surface area contributed by atoms with Gasteiger partial charge in [0.1, 0.15) is 12.6 Å². The van der Waals surface area contributed by atoms with Crippen LogP contribution in [0.5, 0.6) is 0 Å². The van der Waals surface area contributed by atoms with E-state index in [1.165, 1.54) is 11.9 Å². The van der Waals surface area contributed by atoms with E-state index in [1.807, 2.05) is 80.6 Å². The van der Waals surface area contributed by atoms with Crippen LogP contribution in [-0.2, 0) is 39.0 Å². The SMILES string of the molecule is CCc1ccccc1N(CC(=O)N(Cc1ccccc1C)[C@@H](Cc1ccccc1)C(=O)NC)S(C)(=O)=O. The van der Waals surface area contributed by atoms with Crippen molar-refractivity contribution in [3.8, 4) is 0 Å². The van der Waals surface area contributed by atoms with Crippen molar-refractivity contribution < 1.29 is 18.0 Å². The van der Waals surface area contributed by atoms with Crippen molar-refractivity contribution in [3.05, 3.63) is 101 Å². The number of anilines is 1. The van der Waals surface area contributed by atoms with E-state index in [9.17, 15) is 18.0 Å². The Labute approximate surface area is 220 Å². The summed E-state index contributed by atoms with van der Waals surface area (Å²) in [6.07, 6.45) is 2.00. The molecule has 3 aromatic carbocycles. The van der Waals surface area contributed by atoms with Crippen LogP contribution in [0.15, 0.2) is 78.9 Å². The standard InChI is InChI=1S/C29H35N3O4S/c1-5-24-16-11-12-18-26(24)32(37(4,35)36)21-28(33)31(20-25-17-10-9-13-22(25)2)27(29(34)30-3)19-23-14-7-6-8-15-23/h6-18,27H,5,19-21H2,1-4H3,(H,30,34)/t27-/m0/s1. The maximum atomic E-state index is 14.0. The minimum Gasteiger partial charge on any atom is -0.357 e. The first kappa shape index (κ1) is 27.9. The average molecular weight is 522 g/mol. The van der Waals surface area contributed by atoms with E-state index in [4.69, 9.17) is 0 Å². The van der Waals surface area contributed by atoms with Crippen molar-refractivity contribution in [2.45, 2.75) is 39.3 Å². The molecule has 0 aromatic heterocycles. The summed E-state index contributed by atoms with van der Waals surface area (Å²) in [5.74, 6) is -0.769. The first-order chi connectivity index (χ1) is 17.7. The van der Waals surface area contributed by atoms with Gasteiger partial charge in [0.25, 0.3) is 0 Å². The Bertz CT molecular complexity index is 1330. The normalized spacial score (nSPS) is 12.0. The van der Waals surface area contributed by atoms with Crippen molar-refractivity contribution >= 4 is 27.5 Å². The second-order valence-corrected chi connectivity index (χ2v) is 10.9. The van der Waals surface area contributed by atoms with Crippen molar-refractivity contribution in [1.29, 1.82) is 0 Å². The number of rotatable bonds is 11. The summed E-state index contributed by atoms with van der Waals surface area (Å²) < 4.78 is 26.9. The molecule has 0 saturated heterocycles. The molecule has 37 heavy (non-hydrogen) atoms. The van der Waals surface area contributed by atoms with Crippen LogP contribution in [0.3, 0.4) is 0 Å². The van der Waals surface area contributed by atoms with Crippen LogP contribution in [0.4, 0.5) is 5.69 Å². The molecule has 8 heteroatoms. The lowest BCUT2D eigenvalue weighted by atomic mass is 10.0. The highest BCUT2D eigenvalue weighted by Crippen LogP contribution is 2.25. The number of sulfonamides is 1. The second-order valence-electron chi connectivity index (χ2n) is 9.02. The van der Waals surface area contributed by atoms with Crippen molar-refractivity contribution in [3.63, 3.8) is 0 Å². The molecule has 3 aromatic rings. The number of nitrogens with zero attached hydrogens (tertiary/aromatic N) is 2. The van der Waals surface area contributed by atoms with Gasteiger partial charge in [0, 0.05) is 20.0 Å². The van der Waals surface area contributed by atoms with Crippen molar-refractivity contribution in [1.82, 2.24) is 10.2 Å². The number of carbonyl (C=O) groups excluding carboxylic acids is 2. The van der Waals surface area contributed by atoms with Crippen LogP contribution in [-0.4, -0.2) is 51.0 Å². The summed E-state index contributed by atoms with van der Waals surface area (Å²) in [7, 11) is -2.25. The lowest BCUT2D eigenvalue weighted by Crippen LogP contribution is -2.53. The zero-order chi connectivity index (χ0) is 27.0. The number of likely N-dealkylation sites (N-methyl/N-ethyl adjacent to an activating group) is 1. The fraction of sp³-hybridized carbons (Fsp3) is 0.310. The van der Waals surface area contributed by atoms with Gasteiger partial charge in [-0.25, -0.2) is 8.42 Å². The third kappa shape index (κ3) is 7.20. The smallest absolute Gasteiger partial charge is 0.244 e. The van der Waals surface area contributed by atoms with E-state index in [0.717, 1.165) is 32.8 Å². The molecule has 0 aliphatic rings. The lowest BCUT2D eigenvalue weighted by Gasteiger charge is -2.34. The Balaban J connectivity index is 2.06. The van der Waals surface area contributed by atoms with E-state index in [2.05, 4.69) is 5.32 Å². The minimum absolute atomic E-state index is 0.170. The van der Waals surface area contributed by atoms with Crippen LogP contribution >= 0.6 is 0 Å². The van der Waals surface area contributed by atoms with Gasteiger partial charge in [0.05, 0.1) is 11.9 Å². The maximum Gasteiger partial charge on any atom is 0.244 e. The molecule has 0 saturated carbocycles. The monoisotopic (exact) mass is 521 g/mol. The van der Waals surface area contributed by atoms with E-state index < -0.39 is 28.5 Å². The molecule has 2 amide bonds. The zero-order valence-corrected chi connectivity index (χ0v) is 22.7. The van der Waals surface area contributed by atoms with Crippen LogP contribution < -0.4 is 9.62 Å². The second kappa shape index (κ2) is 12.5. The molecule has 0 aliphatic carbocycles. The van der Waals surface area contributed by atoms with Gasteiger partial charge in [0.2, 0.25) is 21.8 Å². The number of amides is 2. The van der Waals surface area contributed by atoms with Gasteiger partial charge >= 0.3 is 0 Å². The zero-order valence-electron chi connectivity index (χ0n) is 21.8. The number of hydrogen-bond donors (Lipinski definition) is 1. The van der Waals surface area contributed by atoms with E-state index in [0.29, 0.717) is 18.5 Å². The number of para-hydroxylation sites is 1. The Hall–Kier alpha value is -3.65. The summed E-state index contributed by atoms with van der Waals surface area (Å²) in [4.78, 5) is 28.6. The van der Waals surface area contributed by atoms with Gasteiger partial charge in [-0.3, -0.25) is 13.9 Å². The Morgan fingerprint density at radius 2 is 1.49 bits per heavy atom. The fourth-order valence-corrected chi connectivity index (χ4v) is 5.22. The molecule has 7 nitrogen and oxygen atoms in total. The molecule has 0 fully saturated rings. The number of hydrogen-bond acceptors (Lipinski definition) is 4. The number of carbonyl (C=O) groups is 2. The van der Waals surface area contributed by atoms with Crippen LogP contribution in [0.1, 0.15) is 29.2 Å². The highest BCUT2D eigenvalue weighted by atomic mass is 32.2. The molecule has 0 spiro atoms. The van der Waals surface area contributed by atoms with Gasteiger partial charge in [-0.1, -0.05) is 79.7 Å². The Morgan fingerprint density at radius 1 is 0.892 bits per heavy atom. The molecular weight excluding hydrogens is 486 g/mol. The number of nitrogens with one attached hydrogen (secondary N) is 1. The highest BCUT2D eigenvalue weighted by Gasteiger charge is 2.33. The third-order valence-corrected chi connectivity index (χ3v) is 7.57. The molecule has 0 bridgehead atoms. The van der Waals surface area contributed by atoms with E-state index in [1.54, 1.807) is 12.1 Å². The lowest BCUT2D eigenvalue weighted by molar-refractivity contribution is -0.139. The first-order valence-electron chi connectivity index (χ1n) is 12.3. The molecule has 0 unspecified atom stereocenters.